The molecule has 0 radical (unpaired) electrons. The van der Waals surface area contributed by atoms with Gasteiger partial charge in [0.1, 0.15) is 5.52 Å². The Morgan fingerprint density at radius 1 is 0.875 bits per heavy atom. The van der Waals surface area contributed by atoms with E-state index in [0.717, 1.165) is 11.9 Å². The molecule has 1 spiro atoms. The molecule has 0 bridgehead atoms. The fourth-order valence-corrected chi connectivity index (χ4v) is 8.63. The fourth-order valence-electron chi connectivity index (χ4n) is 8.63. The molecule has 2 aromatic carbocycles. The van der Waals surface area contributed by atoms with Crippen LogP contribution in [0, 0.1) is 18.8 Å². The summed E-state index contributed by atoms with van der Waals surface area (Å²) in [7, 11) is 0. The first-order chi connectivity index (χ1) is 19.3. The summed E-state index contributed by atoms with van der Waals surface area (Å²) in [4.78, 5) is 5.02. The van der Waals surface area contributed by atoms with Crippen molar-refractivity contribution in [2.45, 2.75) is 91.5 Å². The molecule has 3 heterocycles. The zero-order chi connectivity index (χ0) is 28.0. The van der Waals surface area contributed by atoms with E-state index in [0.29, 0.717) is 11.8 Å². The maximum Gasteiger partial charge on any atom is 0.235 e. The molecule has 0 fully saturated rings. The van der Waals surface area contributed by atoms with Gasteiger partial charge in [0.15, 0.2) is 0 Å². The van der Waals surface area contributed by atoms with Gasteiger partial charge in [0.05, 0.1) is 5.56 Å². The third-order valence-corrected chi connectivity index (χ3v) is 10.8. The second kappa shape index (κ2) is 8.87. The van der Waals surface area contributed by atoms with Gasteiger partial charge in [-0.25, -0.2) is 4.98 Å². The third-order valence-electron chi connectivity index (χ3n) is 10.8. The van der Waals surface area contributed by atoms with E-state index in [9.17, 15) is 0 Å². The van der Waals surface area contributed by atoms with E-state index < -0.39 is 0 Å². The second-order valence-corrected chi connectivity index (χ2v) is 13.1. The molecule has 7 rings (SSSR count). The molecule has 2 aliphatic carbocycles. The SMILES string of the molecule is CCC(CC)C1=CC2(CC(C(CC)CC)=C1)c1ccc3cccc4c3c1-c1c(cc3nccc(C)c3[n+]12)C4(C)C. The average Bonchev–Trinajstić information content (AvgIpc) is 3.22. The predicted molar refractivity (Wildman–Crippen MR) is 168 cm³/mol. The first kappa shape index (κ1) is 25.7. The first-order valence-corrected chi connectivity index (χ1v) is 15.7. The zero-order valence-electron chi connectivity index (χ0n) is 25.4. The van der Waals surface area contributed by atoms with Crippen molar-refractivity contribution < 1.29 is 4.57 Å². The summed E-state index contributed by atoms with van der Waals surface area (Å²) in [6.45, 7) is 16.6. The summed E-state index contributed by atoms with van der Waals surface area (Å²) in [5.41, 5.74) is 13.8. The number of aromatic nitrogens is 2. The first-order valence-electron chi connectivity index (χ1n) is 15.7. The second-order valence-electron chi connectivity index (χ2n) is 13.1. The van der Waals surface area contributed by atoms with Crippen LogP contribution in [0.2, 0.25) is 0 Å². The molecule has 3 aliphatic rings. The monoisotopic (exact) mass is 527 g/mol. The number of pyridine rings is 2. The molecule has 1 atom stereocenters. The minimum absolute atomic E-state index is 0.113. The maximum atomic E-state index is 5.02. The van der Waals surface area contributed by atoms with Crippen molar-refractivity contribution in [2.75, 3.05) is 0 Å². The van der Waals surface area contributed by atoms with Gasteiger partial charge in [-0.3, -0.25) is 0 Å². The van der Waals surface area contributed by atoms with Crippen molar-refractivity contribution in [2.24, 2.45) is 11.8 Å². The highest BCUT2D eigenvalue weighted by Crippen LogP contribution is 2.57. The number of hydrogen-bond donors (Lipinski definition) is 0. The predicted octanol–water partition coefficient (Wildman–Crippen LogP) is 9.48. The van der Waals surface area contributed by atoms with Crippen molar-refractivity contribution >= 4 is 21.8 Å². The lowest BCUT2D eigenvalue weighted by molar-refractivity contribution is -0.703. The van der Waals surface area contributed by atoms with E-state index in [2.05, 4.69) is 108 Å². The summed E-state index contributed by atoms with van der Waals surface area (Å²) in [5.74, 6) is 1.18. The van der Waals surface area contributed by atoms with Gasteiger partial charge in [0.2, 0.25) is 16.7 Å². The van der Waals surface area contributed by atoms with Gasteiger partial charge < -0.3 is 0 Å². The van der Waals surface area contributed by atoms with E-state index in [-0.39, 0.29) is 11.0 Å². The van der Waals surface area contributed by atoms with Gasteiger partial charge in [-0.05, 0) is 79.2 Å². The number of allylic oxidation sites excluding steroid dienone is 4. The van der Waals surface area contributed by atoms with Gasteiger partial charge >= 0.3 is 0 Å². The van der Waals surface area contributed by atoms with Crippen LogP contribution in [0.3, 0.4) is 0 Å². The Morgan fingerprint density at radius 3 is 2.35 bits per heavy atom. The average molecular weight is 528 g/mol. The maximum absolute atomic E-state index is 5.02. The molecule has 2 aromatic heterocycles. The minimum atomic E-state index is -0.251. The van der Waals surface area contributed by atoms with Gasteiger partial charge in [-0.2, -0.15) is 4.57 Å². The molecule has 4 aromatic rings. The molecule has 0 saturated carbocycles. The van der Waals surface area contributed by atoms with Crippen LogP contribution in [-0.2, 0) is 11.0 Å². The topological polar surface area (TPSA) is 16.8 Å². The number of nitrogens with zero attached hydrogens (tertiary/aromatic N) is 2. The molecular weight excluding hydrogens is 484 g/mol. The largest absolute Gasteiger partial charge is 0.250 e. The van der Waals surface area contributed by atoms with Crippen LogP contribution in [0.5, 0.6) is 0 Å². The highest BCUT2D eigenvalue weighted by atomic mass is 15.1. The number of hydrogen-bond acceptors (Lipinski definition) is 1. The fraction of sp³-hybridized carbons (Fsp3) is 0.421. The van der Waals surface area contributed by atoms with E-state index in [4.69, 9.17) is 4.98 Å². The molecule has 1 aliphatic heterocycles. The van der Waals surface area contributed by atoms with Crippen molar-refractivity contribution in [3.8, 4) is 11.3 Å². The van der Waals surface area contributed by atoms with Gasteiger partial charge in [0, 0.05) is 40.1 Å². The van der Waals surface area contributed by atoms with E-state index >= 15 is 0 Å². The van der Waals surface area contributed by atoms with Crippen LogP contribution < -0.4 is 4.57 Å². The standard InChI is InChI=1S/C38H43N2/c1-8-24(9-2)27-19-28(25(10-3)11-4)22-38(21-27)30-16-15-26-13-12-14-29-33(26)34(30)36-31(37(29,6)7)20-32-35(40(36)38)23(5)17-18-39-32/h12-21,24-25H,8-11,22H2,1-7H3/q+1. The van der Waals surface area contributed by atoms with Crippen LogP contribution >= 0.6 is 0 Å². The van der Waals surface area contributed by atoms with E-state index in [1.165, 1.54) is 81.1 Å². The van der Waals surface area contributed by atoms with Crippen LogP contribution in [0.1, 0.15) is 95.9 Å². The van der Waals surface area contributed by atoms with Crippen LogP contribution in [-0.4, -0.2) is 4.98 Å². The molecule has 204 valence electrons. The molecule has 1 unspecified atom stereocenters. The Balaban J connectivity index is 1.70. The van der Waals surface area contributed by atoms with E-state index in [1.54, 1.807) is 5.57 Å². The molecule has 2 heteroatoms. The van der Waals surface area contributed by atoms with Gasteiger partial charge in [0.25, 0.3) is 0 Å². The number of rotatable bonds is 6. The Bertz CT molecular complexity index is 1760. The summed E-state index contributed by atoms with van der Waals surface area (Å²) in [6.07, 6.45) is 13.1. The Labute approximate surface area is 239 Å². The molecule has 0 N–H and O–H groups in total. The highest BCUT2D eigenvalue weighted by Gasteiger charge is 2.57. The van der Waals surface area contributed by atoms with Gasteiger partial charge in [-0.1, -0.05) is 83.5 Å². The van der Waals surface area contributed by atoms with Crippen molar-refractivity contribution in [1.29, 1.82) is 0 Å². The summed E-state index contributed by atoms with van der Waals surface area (Å²) in [6, 6.07) is 16.4. The summed E-state index contributed by atoms with van der Waals surface area (Å²) < 4.78 is 2.78. The molecule has 2 nitrogen and oxygen atoms in total. The minimum Gasteiger partial charge on any atom is -0.250 e. The van der Waals surface area contributed by atoms with Crippen molar-refractivity contribution in [3.05, 3.63) is 94.2 Å². The van der Waals surface area contributed by atoms with Crippen LogP contribution in [0.25, 0.3) is 33.1 Å². The van der Waals surface area contributed by atoms with Crippen molar-refractivity contribution in [3.63, 3.8) is 0 Å². The summed E-state index contributed by atoms with van der Waals surface area (Å²) >= 11 is 0. The number of aryl methyl sites for hydroxylation is 1. The molecule has 0 amide bonds. The quantitative estimate of drug-likeness (QED) is 0.228. The number of fused-ring (bicyclic) bond motifs is 4. The Kier molecular flexibility index (Phi) is 5.70. The van der Waals surface area contributed by atoms with E-state index in [1.807, 2.05) is 6.20 Å². The van der Waals surface area contributed by atoms with Crippen LogP contribution in [0.15, 0.2) is 72.0 Å². The van der Waals surface area contributed by atoms with Gasteiger partial charge in [-0.15, -0.1) is 0 Å². The summed E-state index contributed by atoms with van der Waals surface area (Å²) in [5, 5.41) is 2.82. The molecule has 0 saturated heterocycles. The Hall–Kier alpha value is -3.26. The Morgan fingerprint density at radius 2 is 1.62 bits per heavy atom. The lowest BCUT2D eigenvalue weighted by atomic mass is 9.68. The smallest absolute Gasteiger partial charge is 0.235 e. The van der Waals surface area contributed by atoms with Crippen LogP contribution in [0.4, 0.5) is 0 Å². The lowest BCUT2D eigenvalue weighted by Crippen LogP contribution is -2.56. The normalized spacial score (nSPS) is 20.2. The highest BCUT2D eigenvalue weighted by molar-refractivity contribution is 6.05. The third kappa shape index (κ3) is 3.17. The molecule has 40 heavy (non-hydrogen) atoms. The molecular formula is C38H43N2+. The van der Waals surface area contributed by atoms with Crippen molar-refractivity contribution in [1.82, 2.24) is 4.98 Å². The lowest BCUT2D eigenvalue weighted by Gasteiger charge is -2.34. The number of benzene rings is 2. The zero-order valence-corrected chi connectivity index (χ0v) is 25.4.